The highest BCUT2D eigenvalue weighted by Crippen LogP contribution is 2.76. The first kappa shape index (κ1) is 48.6. The number of aliphatic hydroxyl groups is 7. The molecule has 0 unspecified atom stereocenters. The molecule has 22 atom stereocenters. The number of rotatable bonds is 8. The van der Waals surface area contributed by atoms with E-state index < -0.39 is 121 Å². The maximum absolute atomic E-state index is 13.1. The van der Waals surface area contributed by atoms with Crippen molar-refractivity contribution in [3.8, 4) is 0 Å². The molecule has 0 bridgehead atoms. The fourth-order valence-corrected chi connectivity index (χ4v) is 14.8. The van der Waals surface area contributed by atoms with Crippen molar-refractivity contribution in [2.24, 2.45) is 50.2 Å². The monoisotopic (exact) mass is 910 g/mol. The van der Waals surface area contributed by atoms with Gasteiger partial charge in [0.1, 0.15) is 54.9 Å². The Kier molecular flexibility index (Phi) is 12.7. The Balaban J connectivity index is 1.07. The van der Waals surface area contributed by atoms with Crippen LogP contribution in [-0.4, -0.2) is 157 Å². The first-order valence-electron chi connectivity index (χ1n) is 23.6. The van der Waals surface area contributed by atoms with Crippen LogP contribution >= 0.6 is 0 Å². The van der Waals surface area contributed by atoms with E-state index in [0.29, 0.717) is 19.3 Å². The maximum atomic E-state index is 13.1. The normalized spacial score (nSPS) is 53.4. The third-order valence-corrected chi connectivity index (χ3v) is 18.9. The van der Waals surface area contributed by atoms with Crippen LogP contribution in [0.2, 0.25) is 0 Å². The summed E-state index contributed by atoms with van der Waals surface area (Å²) in [6.45, 7) is 17.1. The SMILES string of the molecule is C[C@H]1O[C@H](O[C@@H]2[C@@H](O)[C@@H](O[C@@H]3OC[C@H](O)[C@@H](O)[C@@H]3O)[C@@H](O[C@H]3CC[C@]4(C)[C@H](CC[C@]5(C)[C@H]4CC=C4[C@@H]6CC(C)(C)CC[C@@]6(C(=O)O)CC[C@@]45C)C3(C)C)O[C@H]2C(=O)O)[C@H](O)[C@H](O)[C@H]1O. The lowest BCUT2D eigenvalue weighted by molar-refractivity contribution is -0.385. The highest BCUT2D eigenvalue weighted by atomic mass is 16.8. The van der Waals surface area contributed by atoms with Crippen molar-refractivity contribution in [2.45, 2.75) is 212 Å². The van der Waals surface area contributed by atoms with Crippen LogP contribution in [0.5, 0.6) is 0 Å². The lowest BCUT2D eigenvalue weighted by Gasteiger charge is -2.71. The molecule has 5 aliphatic carbocycles. The van der Waals surface area contributed by atoms with Crippen LogP contribution in [0.1, 0.15) is 120 Å². The summed E-state index contributed by atoms with van der Waals surface area (Å²) in [7, 11) is 0. The Bertz CT molecular complexity index is 1810. The summed E-state index contributed by atoms with van der Waals surface area (Å²) in [5.74, 6) is -1.81. The van der Waals surface area contributed by atoms with Crippen molar-refractivity contribution in [2.75, 3.05) is 6.61 Å². The Morgan fingerprint density at radius 3 is 2.00 bits per heavy atom. The summed E-state index contributed by atoms with van der Waals surface area (Å²) >= 11 is 0. The molecule has 17 heteroatoms. The zero-order chi connectivity index (χ0) is 46.9. The van der Waals surface area contributed by atoms with Crippen molar-refractivity contribution in [1.82, 2.24) is 0 Å². The standard InChI is InChI=1S/C47H74O17/c1-21-28(49)30(51)32(53)39(60-21)62-34-33(54)35(63-38-31(52)29(50)24(48)20-59-38)40(64-36(34)37(55)56)61-27-12-13-44(6)25(43(27,4)5)11-14-46(8)26(44)10-9-22-23-19-42(2,3)15-17-47(23,41(57)58)18-16-45(22,46)7/h9,21,23-36,38-40,48-54H,10-20H2,1-8H3,(H,55,56)(H,57,58)/t21-,23+,24+,25-,26+,27+,28+,29-,30-,31+,32-,33-,34-,35-,36-,38+,39-,40+,44-,45+,46-,47-/m1/s1. The molecule has 0 aromatic carbocycles. The smallest absolute Gasteiger partial charge is 0.335 e. The molecular weight excluding hydrogens is 837 g/mol. The first-order chi connectivity index (χ1) is 29.7. The van der Waals surface area contributed by atoms with Crippen molar-refractivity contribution < 1.29 is 84.0 Å². The van der Waals surface area contributed by atoms with Crippen molar-refractivity contribution in [1.29, 1.82) is 0 Å². The topological polar surface area (TPSA) is 272 Å². The van der Waals surface area contributed by atoms with E-state index in [1.165, 1.54) is 12.5 Å². The van der Waals surface area contributed by atoms with Crippen molar-refractivity contribution in [3.05, 3.63) is 11.6 Å². The van der Waals surface area contributed by atoms with E-state index in [1.807, 2.05) is 0 Å². The zero-order valence-corrected chi connectivity index (χ0v) is 38.5. The second-order valence-electron chi connectivity index (χ2n) is 23.0. The molecule has 3 heterocycles. The number of ether oxygens (including phenoxy) is 6. The van der Waals surface area contributed by atoms with E-state index in [-0.39, 0.29) is 39.4 Å². The van der Waals surface area contributed by atoms with Gasteiger partial charge in [-0.15, -0.1) is 0 Å². The summed E-state index contributed by atoms with van der Waals surface area (Å²) in [6, 6.07) is 0. The molecule has 0 radical (unpaired) electrons. The number of fused-ring (bicyclic) bond motifs is 7. The molecule has 9 N–H and O–H groups in total. The molecule has 4 saturated carbocycles. The highest BCUT2D eigenvalue weighted by Gasteiger charge is 2.70. The van der Waals surface area contributed by atoms with Gasteiger partial charge in [-0.3, -0.25) is 4.79 Å². The first-order valence-corrected chi connectivity index (χ1v) is 23.6. The van der Waals surface area contributed by atoms with Gasteiger partial charge in [0.05, 0.1) is 24.2 Å². The Morgan fingerprint density at radius 1 is 0.672 bits per heavy atom. The molecular formula is C47H74O17. The average Bonchev–Trinajstić information content (AvgIpc) is 3.21. The fraction of sp³-hybridized carbons (Fsp3) is 0.915. The Hall–Kier alpha value is -1.84. The number of hydrogen-bond donors (Lipinski definition) is 9. The summed E-state index contributed by atoms with van der Waals surface area (Å²) < 4.78 is 36.1. The third kappa shape index (κ3) is 7.45. The number of carboxylic acid groups (broad SMARTS) is 2. The van der Waals surface area contributed by atoms with Gasteiger partial charge in [-0.1, -0.05) is 60.1 Å². The molecule has 3 aliphatic heterocycles. The van der Waals surface area contributed by atoms with Crippen LogP contribution in [-0.2, 0) is 38.0 Å². The molecule has 3 saturated heterocycles. The van der Waals surface area contributed by atoms with Crippen molar-refractivity contribution >= 4 is 11.9 Å². The lowest BCUT2D eigenvalue weighted by atomic mass is 9.33. The van der Waals surface area contributed by atoms with Crippen molar-refractivity contribution in [3.63, 3.8) is 0 Å². The molecule has 0 aromatic rings. The molecule has 364 valence electrons. The number of allylic oxidation sites excluding steroid dienone is 2. The van der Waals surface area contributed by atoms with Gasteiger partial charge in [0.2, 0.25) is 0 Å². The predicted molar refractivity (Wildman–Crippen MR) is 224 cm³/mol. The maximum Gasteiger partial charge on any atom is 0.335 e. The number of carboxylic acids is 2. The van der Waals surface area contributed by atoms with E-state index in [4.69, 9.17) is 28.4 Å². The molecule has 64 heavy (non-hydrogen) atoms. The van der Waals surface area contributed by atoms with E-state index in [0.717, 1.165) is 44.9 Å². The summed E-state index contributed by atoms with van der Waals surface area (Å²) in [6.07, 6.45) is -13.5. The predicted octanol–water partition coefficient (Wildman–Crippen LogP) is 2.47. The summed E-state index contributed by atoms with van der Waals surface area (Å²) in [5, 5.41) is 96.4. The van der Waals surface area contributed by atoms with Gasteiger partial charge >= 0.3 is 11.9 Å². The molecule has 0 spiro atoms. The number of carbonyl (C=O) groups is 2. The largest absolute Gasteiger partial charge is 0.481 e. The third-order valence-electron chi connectivity index (χ3n) is 18.9. The minimum Gasteiger partial charge on any atom is -0.481 e. The molecule has 8 aliphatic rings. The molecule has 0 aromatic heterocycles. The Labute approximate surface area is 375 Å². The summed E-state index contributed by atoms with van der Waals surface area (Å²) in [4.78, 5) is 26.1. The number of hydrogen-bond acceptors (Lipinski definition) is 15. The van der Waals surface area contributed by atoms with Gasteiger partial charge in [-0.25, -0.2) is 4.79 Å². The lowest BCUT2D eigenvalue weighted by Crippen LogP contribution is -2.68. The van der Waals surface area contributed by atoms with Gasteiger partial charge < -0.3 is 74.4 Å². The van der Waals surface area contributed by atoms with Crippen LogP contribution < -0.4 is 0 Å². The molecule has 17 nitrogen and oxygen atoms in total. The van der Waals surface area contributed by atoms with Gasteiger partial charge in [0.15, 0.2) is 25.0 Å². The van der Waals surface area contributed by atoms with Gasteiger partial charge in [-0.05, 0) is 116 Å². The van der Waals surface area contributed by atoms with Gasteiger partial charge in [0.25, 0.3) is 0 Å². The fourth-order valence-electron chi connectivity index (χ4n) is 14.8. The average molecular weight is 911 g/mol. The van der Waals surface area contributed by atoms with E-state index >= 15 is 0 Å². The quantitative estimate of drug-likeness (QED) is 0.125. The van der Waals surface area contributed by atoms with Gasteiger partial charge in [0, 0.05) is 0 Å². The van der Waals surface area contributed by atoms with E-state index in [1.54, 1.807) is 0 Å². The van der Waals surface area contributed by atoms with Crippen LogP contribution in [0.4, 0.5) is 0 Å². The molecule has 8 rings (SSSR count). The minimum atomic E-state index is -1.93. The molecule has 7 fully saturated rings. The minimum absolute atomic E-state index is 0.00576. The van der Waals surface area contributed by atoms with Crippen LogP contribution in [0.25, 0.3) is 0 Å². The second kappa shape index (κ2) is 16.7. The van der Waals surface area contributed by atoms with E-state index in [2.05, 4.69) is 54.5 Å². The Morgan fingerprint density at radius 2 is 1.33 bits per heavy atom. The van der Waals surface area contributed by atoms with Gasteiger partial charge in [-0.2, -0.15) is 0 Å². The second-order valence-corrected chi connectivity index (χ2v) is 23.0. The van der Waals surface area contributed by atoms with Crippen LogP contribution in [0.3, 0.4) is 0 Å². The van der Waals surface area contributed by atoms with E-state index in [9.17, 15) is 55.5 Å². The molecule has 0 amide bonds. The van der Waals surface area contributed by atoms with Crippen LogP contribution in [0, 0.1) is 50.2 Å². The summed E-state index contributed by atoms with van der Waals surface area (Å²) in [5.41, 5.74) is -0.310. The number of aliphatic hydroxyl groups excluding tert-OH is 7. The highest BCUT2D eigenvalue weighted by molar-refractivity contribution is 5.76. The number of aliphatic carboxylic acids is 2. The van der Waals surface area contributed by atoms with Crippen LogP contribution in [0.15, 0.2) is 11.6 Å². The zero-order valence-electron chi connectivity index (χ0n) is 38.5.